The van der Waals surface area contributed by atoms with E-state index in [-0.39, 0.29) is 12.0 Å². The first kappa shape index (κ1) is 13.5. The molecular formula is C13H25NO2. The van der Waals surface area contributed by atoms with Crippen molar-refractivity contribution in [1.82, 2.24) is 5.32 Å². The average Bonchev–Trinajstić information content (AvgIpc) is 2.35. The van der Waals surface area contributed by atoms with Gasteiger partial charge in [0.1, 0.15) is 6.10 Å². The topological polar surface area (TPSA) is 38.3 Å². The normalized spacial score (nSPS) is 27.4. The van der Waals surface area contributed by atoms with Crippen LogP contribution in [0.15, 0.2) is 0 Å². The highest BCUT2D eigenvalue weighted by molar-refractivity contribution is 5.80. The van der Waals surface area contributed by atoms with Crippen molar-refractivity contribution >= 4 is 5.91 Å². The molecule has 0 heterocycles. The Kier molecular flexibility index (Phi) is 5.81. The van der Waals surface area contributed by atoms with Crippen LogP contribution in [0.1, 0.15) is 46.0 Å². The Morgan fingerprint density at radius 1 is 1.31 bits per heavy atom. The molecule has 0 bridgehead atoms. The molecule has 0 aromatic heterocycles. The van der Waals surface area contributed by atoms with Crippen molar-refractivity contribution in [3.05, 3.63) is 0 Å². The summed E-state index contributed by atoms with van der Waals surface area (Å²) in [7, 11) is 1.57. The molecule has 1 N–H and O–H groups in total. The first-order valence-electron chi connectivity index (χ1n) is 6.47. The quantitative estimate of drug-likeness (QED) is 0.783. The second kappa shape index (κ2) is 6.89. The lowest BCUT2D eigenvalue weighted by molar-refractivity contribution is -0.130. The maximum Gasteiger partial charge on any atom is 0.248 e. The molecule has 1 saturated carbocycles. The van der Waals surface area contributed by atoms with Crippen molar-refractivity contribution in [3.8, 4) is 0 Å². The molecule has 0 spiro atoms. The minimum absolute atomic E-state index is 0.0140. The Morgan fingerprint density at radius 2 is 1.88 bits per heavy atom. The minimum atomic E-state index is -0.327. The average molecular weight is 227 g/mol. The van der Waals surface area contributed by atoms with Crippen LogP contribution in [0.3, 0.4) is 0 Å². The lowest BCUT2D eigenvalue weighted by Crippen LogP contribution is -2.37. The fraction of sp³-hybridized carbons (Fsp3) is 0.923. The zero-order valence-electron chi connectivity index (χ0n) is 10.8. The van der Waals surface area contributed by atoms with Crippen LogP contribution < -0.4 is 5.32 Å². The van der Waals surface area contributed by atoms with Crippen molar-refractivity contribution in [3.63, 3.8) is 0 Å². The number of carbonyl (C=O) groups excluding carboxylic acids is 1. The molecule has 0 aromatic rings. The van der Waals surface area contributed by atoms with Crippen molar-refractivity contribution in [2.75, 3.05) is 13.7 Å². The molecule has 0 aromatic carbocycles. The third kappa shape index (κ3) is 4.12. The number of carbonyl (C=O) groups is 1. The number of hydrogen-bond acceptors (Lipinski definition) is 2. The molecule has 1 amide bonds. The molecule has 3 nitrogen and oxygen atoms in total. The summed E-state index contributed by atoms with van der Waals surface area (Å²) in [4.78, 5) is 11.5. The molecule has 1 unspecified atom stereocenters. The highest BCUT2D eigenvalue weighted by Gasteiger charge is 2.21. The van der Waals surface area contributed by atoms with Crippen LogP contribution in [-0.4, -0.2) is 25.7 Å². The smallest absolute Gasteiger partial charge is 0.248 e. The van der Waals surface area contributed by atoms with Crippen molar-refractivity contribution in [2.24, 2.45) is 11.8 Å². The van der Waals surface area contributed by atoms with Crippen LogP contribution in [0.2, 0.25) is 0 Å². The van der Waals surface area contributed by atoms with Crippen LogP contribution in [0.25, 0.3) is 0 Å². The summed E-state index contributed by atoms with van der Waals surface area (Å²) in [6, 6.07) is 0. The van der Waals surface area contributed by atoms with Gasteiger partial charge in [0, 0.05) is 13.7 Å². The van der Waals surface area contributed by atoms with Gasteiger partial charge in [-0.15, -0.1) is 0 Å². The van der Waals surface area contributed by atoms with E-state index >= 15 is 0 Å². The molecule has 0 aliphatic heterocycles. The van der Waals surface area contributed by atoms with Gasteiger partial charge >= 0.3 is 0 Å². The molecule has 1 aliphatic carbocycles. The van der Waals surface area contributed by atoms with Crippen LogP contribution >= 0.6 is 0 Å². The molecule has 3 heteroatoms. The predicted octanol–water partition coefficient (Wildman–Crippen LogP) is 2.35. The third-order valence-corrected chi connectivity index (χ3v) is 3.83. The summed E-state index contributed by atoms with van der Waals surface area (Å²) in [5.74, 6) is 1.61. The molecular weight excluding hydrogens is 202 g/mol. The van der Waals surface area contributed by atoms with E-state index in [1.165, 1.54) is 32.1 Å². The van der Waals surface area contributed by atoms with Gasteiger partial charge in [-0.05, 0) is 31.6 Å². The maximum absolute atomic E-state index is 11.5. The first-order chi connectivity index (χ1) is 7.67. The van der Waals surface area contributed by atoms with Crippen LogP contribution in [0.4, 0.5) is 0 Å². The Bertz CT molecular complexity index is 210. The first-order valence-corrected chi connectivity index (χ1v) is 6.47. The zero-order valence-corrected chi connectivity index (χ0v) is 10.8. The number of amides is 1. The van der Waals surface area contributed by atoms with Crippen LogP contribution in [0, 0.1) is 11.8 Å². The van der Waals surface area contributed by atoms with Gasteiger partial charge in [0.25, 0.3) is 0 Å². The van der Waals surface area contributed by atoms with E-state index in [1.54, 1.807) is 14.0 Å². The Hall–Kier alpha value is -0.570. The Labute approximate surface area is 98.9 Å². The second-order valence-corrected chi connectivity index (χ2v) is 4.92. The molecule has 1 atom stereocenters. The van der Waals surface area contributed by atoms with Gasteiger partial charge in [-0.1, -0.05) is 26.2 Å². The zero-order chi connectivity index (χ0) is 12.0. The SMILES string of the molecule is CCC1CCC(CNC(=O)C(C)OC)CC1. The van der Waals surface area contributed by atoms with Gasteiger partial charge in [0.2, 0.25) is 5.91 Å². The highest BCUT2D eigenvalue weighted by Crippen LogP contribution is 2.29. The van der Waals surface area contributed by atoms with Gasteiger partial charge in [-0.3, -0.25) is 4.79 Å². The van der Waals surface area contributed by atoms with E-state index in [9.17, 15) is 4.79 Å². The molecule has 16 heavy (non-hydrogen) atoms. The molecule has 1 fully saturated rings. The van der Waals surface area contributed by atoms with E-state index < -0.39 is 0 Å². The van der Waals surface area contributed by atoms with E-state index in [0.717, 1.165) is 12.5 Å². The van der Waals surface area contributed by atoms with Gasteiger partial charge in [-0.25, -0.2) is 0 Å². The van der Waals surface area contributed by atoms with Crippen molar-refractivity contribution in [2.45, 2.75) is 52.1 Å². The summed E-state index contributed by atoms with van der Waals surface area (Å²) in [6.45, 7) is 4.87. The summed E-state index contributed by atoms with van der Waals surface area (Å²) in [5, 5.41) is 2.97. The fourth-order valence-electron chi connectivity index (χ4n) is 2.34. The predicted molar refractivity (Wildman–Crippen MR) is 65.2 cm³/mol. The summed E-state index contributed by atoms with van der Waals surface area (Å²) < 4.78 is 4.97. The second-order valence-electron chi connectivity index (χ2n) is 4.92. The van der Waals surface area contributed by atoms with Gasteiger partial charge in [0.15, 0.2) is 0 Å². The van der Waals surface area contributed by atoms with Gasteiger partial charge in [-0.2, -0.15) is 0 Å². The standard InChI is InChI=1S/C13H25NO2/c1-4-11-5-7-12(8-6-11)9-14-13(15)10(2)16-3/h10-12H,4-9H2,1-3H3,(H,14,15). The summed E-state index contributed by atoms with van der Waals surface area (Å²) >= 11 is 0. The monoisotopic (exact) mass is 227 g/mol. The number of hydrogen-bond donors (Lipinski definition) is 1. The number of rotatable bonds is 5. The van der Waals surface area contributed by atoms with E-state index in [2.05, 4.69) is 12.2 Å². The van der Waals surface area contributed by atoms with Crippen molar-refractivity contribution < 1.29 is 9.53 Å². The number of ether oxygens (including phenoxy) is 1. The number of methoxy groups -OCH3 is 1. The molecule has 1 aliphatic rings. The Balaban J connectivity index is 2.17. The maximum atomic E-state index is 11.5. The fourth-order valence-corrected chi connectivity index (χ4v) is 2.34. The Morgan fingerprint density at radius 3 is 2.38 bits per heavy atom. The van der Waals surface area contributed by atoms with E-state index in [1.807, 2.05) is 0 Å². The molecule has 0 radical (unpaired) electrons. The lowest BCUT2D eigenvalue weighted by Gasteiger charge is -2.28. The van der Waals surface area contributed by atoms with Crippen LogP contribution in [0.5, 0.6) is 0 Å². The molecule has 1 rings (SSSR count). The lowest BCUT2D eigenvalue weighted by atomic mass is 9.81. The van der Waals surface area contributed by atoms with Gasteiger partial charge < -0.3 is 10.1 Å². The van der Waals surface area contributed by atoms with Crippen LogP contribution in [-0.2, 0) is 9.53 Å². The minimum Gasteiger partial charge on any atom is -0.372 e. The van der Waals surface area contributed by atoms with E-state index in [0.29, 0.717) is 5.92 Å². The van der Waals surface area contributed by atoms with Crippen molar-refractivity contribution in [1.29, 1.82) is 0 Å². The van der Waals surface area contributed by atoms with E-state index in [4.69, 9.17) is 4.74 Å². The third-order valence-electron chi connectivity index (χ3n) is 3.83. The number of nitrogens with one attached hydrogen (secondary N) is 1. The summed E-state index contributed by atoms with van der Waals surface area (Å²) in [6.07, 6.45) is 6.17. The summed E-state index contributed by atoms with van der Waals surface area (Å²) in [5.41, 5.74) is 0. The molecule has 0 saturated heterocycles. The largest absolute Gasteiger partial charge is 0.372 e. The van der Waals surface area contributed by atoms with Gasteiger partial charge in [0.05, 0.1) is 0 Å². The molecule has 94 valence electrons. The highest BCUT2D eigenvalue weighted by atomic mass is 16.5.